The summed E-state index contributed by atoms with van der Waals surface area (Å²) in [4.78, 5) is 25.8. The largest absolute Gasteiger partial charge is 0.341 e. The summed E-state index contributed by atoms with van der Waals surface area (Å²) in [6.07, 6.45) is 7.84. The summed E-state index contributed by atoms with van der Waals surface area (Å²) in [5.74, 6) is 0.0428. The first kappa shape index (κ1) is 14.2. The van der Waals surface area contributed by atoms with E-state index in [1.54, 1.807) is 6.92 Å². The van der Waals surface area contributed by atoms with Gasteiger partial charge in [0.15, 0.2) is 0 Å². The third kappa shape index (κ3) is 4.11. The van der Waals surface area contributed by atoms with Gasteiger partial charge >= 0.3 is 6.03 Å². The Balaban J connectivity index is 1.73. The molecule has 1 aliphatic heterocycles. The number of urea groups is 1. The number of carbonyl (C=O) groups excluding carboxylic acids is 2. The van der Waals surface area contributed by atoms with Crippen LogP contribution in [0.5, 0.6) is 0 Å². The minimum Gasteiger partial charge on any atom is -0.341 e. The second-order valence-corrected chi connectivity index (χ2v) is 5.71. The normalized spacial score (nSPS) is 22.1. The number of likely N-dealkylation sites (tertiary alicyclic amines) is 1. The Morgan fingerprint density at radius 1 is 1.05 bits per heavy atom. The topological polar surface area (TPSA) is 61.4 Å². The van der Waals surface area contributed by atoms with Gasteiger partial charge in [-0.15, -0.1) is 0 Å². The van der Waals surface area contributed by atoms with Crippen LogP contribution >= 0.6 is 0 Å². The molecule has 2 N–H and O–H groups in total. The number of amides is 3. The van der Waals surface area contributed by atoms with Crippen LogP contribution in [0, 0.1) is 0 Å². The number of hydrogen-bond acceptors (Lipinski definition) is 2. The van der Waals surface area contributed by atoms with Gasteiger partial charge in [-0.2, -0.15) is 0 Å². The van der Waals surface area contributed by atoms with Crippen molar-refractivity contribution in [1.29, 1.82) is 0 Å². The van der Waals surface area contributed by atoms with Crippen molar-refractivity contribution in [2.45, 2.75) is 64.0 Å². The Morgan fingerprint density at radius 2 is 1.68 bits per heavy atom. The summed E-state index contributed by atoms with van der Waals surface area (Å²) in [6, 6.07) is -0.346. The molecule has 1 unspecified atom stereocenters. The lowest BCUT2D eigenvalue weighted by atomic mass is 10.1. The molecule has 108 valence electrons. The van der Waals surface area contributed by atoms with Crippen molar-refractivity contribution in [2.24, 2.45) is 0 Å². The summed E-state index contributed by atoms with van der Waals surface area (Å²) in [6.45, 7) is 3.43. The highest BCUT2D eigenvalue weighted by molar-refractivity contribution is 5.86. The fourth-order valence-electron chi connectivity index (χ4n) is 2.94. The Hall–Kier alpha value is -1.26. The Kier molecular flexibility index (Phi) is 5.05. The number of nitrogens with zero attached hydrogens (tertiary/aromatic N) is 1. The summed E-state index contributed by atoms with van der Waals surface area (Å²) in [7, 11) is 0. The van der Waals surface area contributed by atoms with Crippen molar-refractivity contribution in [2.75, 3.05) is 13.1 Å². The monoisotopic (exact) mass is 267 g/mol. The fourth-order valence-corrected chi connectivity index (χ4v) is 2.94. The Bertz CT molecular complexity index is 321. The molecule has 0 aromatic rings. The molecule has 5 nitrogen and oxygen atoms in total. The van der Waals surface area contributed by atoms with Crippen molar-refractivity contribution in [3.63, 3.8) is 0 Å². The predicted octanol–water partition coefficient (Wildman–Crippen LogP) is 1.63. The van der Waals surface area contributed by atoms with E-state index in [1.807, 2.05) is 4.90 Å². The molecule has 2 rings (SSSR count). The van der Waals surface area contributed by atoms with Gasteiger partial charge in [-0.3, -0.25) is 4.79 Å². The summed E-state index contributed by atoms with van der Waals surface area (Å²) >= 11 is 0. The zero-order chi connectivity index (χ0) is 13.7. The molecule has 1 atom stereocenters. The van der Waals surface area contributed by atoms with E-state index in [-0.39, 0.29) is 18.0 Å². The van der Waals surface area contributed by atoms with Crippen LogP contribution in [0.4, 0.5) is 4.79 Å². The zero-order valence-electron chi connectivity index (χ0n) is 11.8. The van der Waals surface area contributed by atoms with Crippen LogP contribution in [0.2, 0.25) is 0 Å². The van der Waals surface area contributed by atoms with Crippen LogP contribution in [-0.4, -0.2) is 42.0 Å². The van der Waals surface area contributed by atoms with Gasteiger partial charge in [0.25, 0.3) is 0 Å². The third-order valence-corrected chi connectivity index (χ3v) is 4.08. The predicted molar refractivity (Wildman–Crippen MR) is 73.8 cm³/mol. The van der Waals surface area contributed by atoms with Crippen LogP contribution < -0.4 is 10.6 Å². The van der Waals surface area contributed by atoms with E-state index >= 15 is 0 Å². The molecule has 2 fully saturated rings. The van der Waals surface area contributed by atoms with Gasteiger partial charge in [0.05, 0.1) is 0 Å². The molecule has 0 bridgehead atoms. The maximum Gasteiger partial charge on any atom is 0.315 e. The first-order valence-electron chi connectivity index (χ1n) is 7.52. The van der Waals surface area contributed by atoms with Crippen LogP contribution in [0.1, 0.15) is 51.9 Å². The quantitative estimate of drug-likeness (QED) is 0.816. The highest BCUT2D eigenvalue weighted by Gasteiger charge is 2.24. The highest BCUT2D eigenvalue weighted by Crippen LogP contribution is 2.17. The maximum atomic E-state index is 12.2. The molecule has 1 saturated heterocycles. The number of carbonyl (C=O) groups is 2. The zero-order valence-corrected chi connectivity index (χ0v) is 11.8. The molecular weight excluding hydrogens is 242 g/mol. The van der Waals surface area contributed by atoms with Crippen LogP contribution in [0.3, 0.4) is 0 Å². The summed E-state index contributed by atoms with van der Waals surface area (Å²) in [5.41, 5.74) is 0. The van der Waals surface area contributed by atoms with E-state index < -0.39 is 6.04 Å². The molecule has 0 radical (unpaired) electrons. The summed E-state index contributed by atoms with van der Waals surface area (Å²) < 4.78 is 0. The van der Waals surface area contributed by atoms with Crippen molar-refractivity contribution < 1.29 is 9.59 Å². The van der Waals surface area contributed by atoms with Crippen molar-refractivity contribution >= 4 is 11.9 Å². The lowest BCUT2D eigenvalue weighted by molar-refractivity contribution is -0.133. The second-order valence-electron chi connectivity index (χ2n) is 5.71. The van der Waals surface area contributed by atoms with Crippen molar-refractivity contribution in [3.8, 4) is 0 Å². The van der Waals surface area contributed by atoms with Gasteiger partial charge in [0, 0.05) is 19.1 Å². The van der Waals surface area contributed by atoms with Crippen LogP contribution in [0.15, 0.2) is 0 Å². The van der Waals surface area contributed by atoms with Gasteiger partial charge in [-0.1, -0.05) is 12.8 Å². The molecule has 1 heterocycles. The van der Waals surface area contributed by atoms with Gasteiger partial charge in [-0.25, -0.2) is 4.79 Å². The van der Waals surface area contributed by atoms with E-state index in [2.05, 4.69) is 10.6 Å². The van der Waals surface area contributed by atoms with Crippen molar-refractivity contribution in [1.82, 2.24) is 15.5 Å². The maximum absolute atomic E-state index is 12.2. The van der Waals surface area contributed by atoms with Gasteiger partial charge in [0.2, 0.25) is 5.91 Å². The second kappa shape index (κ2) is 6.78. The molecule has 19 heavy (non-hydrogen) atoms. The molecule has 2 aliphatic rings. The summed E-state index contributed by atoms with van der Waals surface area (Å²) in [5, 5.41) is 5.71. The van der Waals surface area contributed by atoms with Gasteiger partial charge < -0.3 is 15.5 Å². The van der Waals surface area contributed by atoms with Gasteiger partial charge in [-0.05, 0) is 39.0 Å². The first-order chi connectivity index (χ1) is 9.16. The van der Waals surface area contributed by atoms with E-state index in [9.17, 15) is 9.59 Å². The van der Waals surface area contributed by atoms with E-state index in [0.29, 0.717) is 0 Å². The molecular formula is C14H25N3O2. The smallest absolute Gasteiger partial charge is 0.315 e. The van der Waals surface area contributed by atoms with Crippen LogP contribution in [0.25, 0.3) is 0 Å². The van der Waals surface area contributed by atoms with E-state index in [4.69, 9.17) is 0 Å². The van der Waals surface area contributed by atoms with E-state index in [0.717, 1.165) is 38.8 Å². The van der Waals surface area contributed by atoms with Crippen LogP contribution in [-0.2, 0) is 4.79 Å². The lowest BCUT2D eigenvalue weighted by Crippen LogP contribution is -2.52. The fraction of sp³-hybridized carbons (Fsp3) is 0.857. The average Bonchev–Trinajstić information content (AvgIpc) is 2.91. The average molecular weight is 267 g/mol. The number of piperidine rings is 1. The third-order valence-electron chi connectivity index (χ3n) is 4.08. The molecule has 0 aromatic carbocycles. The SMILES string of the molecule is CC(NC(=O)NC1CCCC1)C(=O)N1CCCCC1. The van der Waals surface area contributed by atoms with E-state index in [1.165, 1.54) is 19.3 Å². The minimum absolute atomic E-state index is 0.0428. The Morgan fingerprint density at radius 3 is 2.32 bits per heavy atom. The number of nitrogens with one attached hydrogen (secondary N) is 2. The molecule has 3 amide bonds. The lowest BCUT2D eigenvalue weighted by Gasteiger charge is -2.29. The molecule has 5 heteroatoms. The van der Waals surface area contributed by atoms with Crippen molar-refractivity contribution in [3.05, 3.63) is 0 Å². The molecule has 1 saturated carbocycles. The Labute approximate surface area is 115 Å². The molecule has 0 aromatic heterocycles. The van der Waals surface area contributed by atoms with Gasteiger partial charge in [0.1, 0.15) is 6.04 Å². The highest BCUT2D eigenvalue weighted by atomic mass is 16.2. The minimum atomic E-state index is -0.431. The molecule has 0 spiro atoms. The first-order valence-corrected chi connectivity index (χ1v) is 7.52. The standard InChI is InChI=1S/C14H25N3O2/c1-11(13(18)17-9-5-2-6-10-17)15-14(19)16-12-7-3-4-8-12/h11-12H,2-10H2,1H3,(H2,15,16,19). The number of rotatable bonds is 3. The molecule has 1 aliphatic carbocycles. The number of hydrogen-bond donors (Lipinski definition) is 2.